The topological polar surface area (TPSA) is 63.2 Å². The van der Waals surface area contributed by atoms with Crippen molar-refractivity contribution in [3.8, 4) is 0 Å². The van der Waals surface area contributed by atoms with Crippen LogP contribution >= 0.6 is 11.6 Å². The molecule has 0 unspecified atom stereocenters. The van der Waals surface area contributed by atoms with Crippen LogP contribution in [0, 0.1) is 0 Å². The van der Waals surface area contributed by atoms with E-state index in [0.29, 0.717) is 10.7 Å². The van der Waals surface area contributed by atoms with Gasteiger partial charge in [-0.2, -0.15) is 0 Å². The van der Waals surface area contributed by atoms with Crippen molar-refractivity contribution < 1.29 is 13.2 Å². The number of carbonyl (C=O) groups is 1. The third-order valence-electron chi connectivity index (χ3n) is 3.51. The summed E-state index contributed by atoms with van der Waals surface area (Å²) in [5.74, 6) is -0.267. The number of sulfone groups is 1. The largest absolute Gasteiger partial charge is 0.323 e. The first-order valence-corrected chi connectivity index (χ1v) is 9.43. The highest BCUT2D eigenvalue weighted by molar-refractivity contribution is 7.91. The maximum atomic E-state index is 12.1. The van der Waals surface area contributed by atoms with Crippen molar-refractivity contribution in [1.82, 2.24) is 0 Å². The summed E-state index contributed by atoms with van der Waals surface area (Å²) in [6.07, 6.45) is 1.46. The van der Waals surface area contributed by atoms with Gasteiger partial charge in [-0.1, -0.05) is 36.7 Å². The number of rotatable bonds is 5. The molecule has 2 aromatic carbocycles. The Morgan fingerprint density at radius 1 is 1.12 bits per heavy atom. The van der Waals surface area contributed by atoms with E-state index in [2.05, 4.69) is 5.32 Å². The van der Waals surface area contributed by atoms with Crippen molar-refractivity contribution in [2.45, 2.75) is 18.7 Å². The Kier molecular flexibility index (Phi) is 5.80. The van der Waals surface area contributed by atoms with E-state index in [1.807, 2.05) is 18.2 Å². The Morgan fingerprint density at radius 3 is 2.33 bits per heavy atom. The Labute approximate surface area is 147 Å². The molecule has 0 fully saturated rings. The molecule has 0 atom stereocenters. The van der Waals surface area contributed by atoms with Crippen LogP contribution in [0.25, 0.3) is 5.57 Å². The lowest BCUT2D eigenvalue weighted by Crippen LogP contribution is -2.09. The molecular formula is C18H18ClNO3S. The third-order valence-corrected chi connectivity index (χ3v) is 5.59. The van der Waals surface area contributed by atoms with Gasteiger partial charge in [0.2, 0.25) is 5.91 Å². The first kappa shape index (κ1) is 18.2. The van der Waals surface area contributed by atoms with E-state index in [0.717, 1.165) is 11.1 Å². The quantitative estimate of drug-likeness (QED) is 0.810. The average Bonchev–Trinajstić information content (AvgIpc) is 2.55. The highest BCUT2D eigenvalue weighted by Crippen LogP contribution is 2.23. The first-order chi connectivity index (χ1) is 11.3. The number of nitrogens with one attached hydrogen (secondary N) is 1. The van der Waals surface area contributed by atoms with Crippen molar-refractivity contribution >= 4 is 38.6 Å². The minimum Gasteiger partial charge on any atom is -0.323 e. The summed E-state index contributed by atoms with van der Waals surface area (Å²) in [5.41, 5.74) is 2.06. The maximum absolute atomic E-state index is 12.1. The monoisotopic (exact) mass is 363 g/mol. The van der Waals surface area contributed by atoms with Crippen LogP contribution in [0.4, 0.5) is 5.69 Å². The molecule has 0 saturated carbocycles. The minimum absolute atomic E-state index is 0.0402. The van der Waals surface area contributed by atoms with E-state index in [9.17, 15) is 13.2 Å². The predicted octanol–water partition coefficient (Wildman–Crippen LogP) is 4.18. The number of hydrogen-bond donors (Lipinski definition) is 1. The lowest BCUT2D eigenvalue weighted by atomic mass is 10.1. The fourth-order valence-corrected chi connectivity index (χ4v) is 3.31. The molecule has 6 heteroatoms. The average molecular weight is 364 g/mol. The van der Waals surface area contributed by atoms with Crippen molar-refractivity contribution in [2.24, 2.45) is 0 Å². The van der Waals surface area contributed by atoms with Crippen LogP contribution in [0.15, 0.2) is 59.5 Å². The molecule has 1 amide bonds. The molecule has 1 N–H and O–H groups in total. The molecule has 4 nitrogen and oxygen atoms in total. The van der Waals surface area contributed by atoms with Gasteiger partial charge < -0.3 is 5.32 Å². The number of carbonyl (C=O) groups excluding carboxylic acids is 1. The normalized spacial score (nSPS) is 12.0. The number of benzene rings is 2. The Balaban J connectivity index is 2.13. The van der Waals surface area contributed by atoms with Crippen LogP contribution in [-0.4, -0.2) is 20.1 Å². The van der Waals surface area contributed by atoms with Crippen LogP contribution in [0.1, 0.15) is 19.4 Å². The fourth-order valence-electron chi connectivity index (χ4n) is 2.15. The van der Waals surface area contributed by atoms with E-state index in [1.165, 1.54) is 18.2 Å². The molecule has 126 valence electrons. The molecule has 0 radical (unpaired) electrons. The standard InChI is InChI=1S/C18H18ClNO3S/c1-3-24(22,23)15-10-8-14(9-11-15)20-18(21)12-13(2)16-6-4-5-7-17(16)19/h4-12H,3H2,1-2H3,(H,20,21). The summed E-state index contributed by atoms with van der Waals surface area (Å²) in [5, 5.41) is 3.28. The second-order valence-corrected chi connectivity index (χ2v) is 7.91. The van der Waals surface area contributed by atoms with Crippen LogP contribution in [-0.2, 0) is 14.6 Å². The van der Waals surface area contributed by atoms with Gasteiger partial charge in [0.05, 0.1) is 10.6 Å². The van der Waals surface area contributed by atoms with E-state index in [4.69, 9.17) is 11.6 Å². The Bertz CT molecular complexity index is 871. The van der Waals surface area contributed by atoms with Crippen LogP contribution < -0.4 is 5.32 Å². The lowest BCUT2D eigenvalue weighted by molar-refractivity contribution is -0.111. The van der Waals surface area contributed by atoms with Crippen LogP contribution in [0.5, 0.6) is 0 Å². The summed E-state index contributed by atoms with van der Waals surface area (Å²) in [7, 11) is -3.24. The molecule has 2 rings (SSSR count). The highest BCUT2D eigenvalue weighted by atomic mass is 35.5. The van der Waals surface area contributed by atoms with Crippen molar-refractivity contribution in [2.75, 3.05) is 11.1 Å². The first-order valence-electron chi connectivity index (χ1n) is 7.40. The van der Waals surface area contributed by atoms with Gasteiger partial charge in [-0.05, 0) is 48.4 Å². The molecule has 0 aliphatic carbocycles. The van der Waals surface area contributed by atoms with E-state index < -0.39 is 9.84 Å². The van der Waals surface area contributed by atoms with Gasteiger partial charge in [-0.3, -0.25) is 4.79 Å². The van der Waals surface area contributed by atoms with Gasteiger partial charge in [0.15, 0.2) is 9.84 Å². The summed E-state index contributed by atoms with van der Waals surface area (Å²) in [6, 6.07) is 13.4. The van der Waals surface area contributed by atoms with Gasteiger partial charge in [-0.25, -0.2) is 8.42 Å². The zero-order valence-corrected chi connectivity index (χ0v) is 15.0. The Hall–Kier alpha value is -2.11. The van der Waals surface area contributed by atoms with E-state index in [-0.39, 0.29) is 16.6 Å². The highest BCUT2D eigenvalue weighted by Gasteiger charge is 2.11. The van der Waals surface area contributed by atoms with Gasteiger partial charge in [0, 0.05) is 16.8 Å². The van der Waals surface area contributed by atoms with Crippen LogP contribution in [0.3, 0.4) is 0 Å². The molecule has 0 heterocycles. The molecule has 0 bridgehead atoms. The third kappa shape index (κ3) is 4.46. The smallest absolute Gasteiger partial charge is 0.248 e. The van der Waals surface area contributed by atoms with E-state index in [1.54, 1.807) is 32.0 Å². The van der Waals surface area contributed by atoms with Crippen molar-refractivity contribution in [3.05, 3.63) is 65.2 Å². The van der Waals surface area contributed by atoms with E-state index >= 15 is 0 Å². The fraction of sp³-hybridized carbons (Fsp3) is 0.167. The molecular weight excluding hydrogens is 346 g/mol. The minimum atomic E-state index is -3.24. The van der Waals surface area contributed by atoms with Gasteiger partial charge in [-0.15, -0.1) is 0 Å². The molecule has 0 aliphatic heterocycles. The molecule has 24 heavy (non-hydrogen) atoms. The van der Waals surface area contributed by atoms with Gasteiger partial charge >= 0.3 is 0 Å². The zero-order valence-electron chi connectivity index (χ0n) is 13.4. The molecule has 0 aliphatic rings. The van der Waals surface area contributed by atoms with Crippen molar-refractivity contribution in [3.63, 3.8) is 0 Å². The number of halogens is 1. The number of anilines is 1. The Morgan fingerprint density at radius 2 is 1.75 bits per heavy atom. The lowest BCUT2D eigenvalue weighted by Gasteiger charge is -2.07. The summed E-state index contributed by atoms with van der Waals surface area (Å²) >= 11 is 6.11. The predicted molar refractivity (Wildman–Crippen MR) is 97.9 cm³/mol. The number of amides is 1. The second kappa shape index (κ2) is 7.64. The summed E-state index contributed by atoms with van der Waals surface area (Å²) in [4.78, 5) is 12.3. The molecule has 0 saturated heterocycles. The second-order valence-electron chi connectivity index (χ2n) is 5.22. The molecule has 2 aromatic rings. The SMILES string of the molecule is CCS(=O)(=O)c1ccc(NC(=O)C=C(C)c2ccccc2Cl)cc1. The number of hydrogen-bond acceptors (Lipinski definition) is 3. The maximum Gasteiger partial charge on any atom is 0.248 e. The molecule has 0 spiro atoms. The number of allylic oxidation sites excluding steroid dienone is 1. The molecule has 0 aromatic heterocycles. The summed E-state index contributed by atoms with van der Waals surface area (Å²) in [6.45, 7) is 3.39. The summed E-state index contributed by atoms with van der Waals surface area (Å²) < 4.78 is 23.5. The van der Waals surface area contributed by atoms with Crippen LogP contribution in [0.2, 0.25) is 5.02 Å². The van der Waals surface area contributed by atoms with Gasteiger partial charge in [0.1, 0.15) is 0 Å². The van der Waals surface area contributed by atoms with Gasteiger partial charge in [0.25, 0.3) is 0 Å². The van der Waals surface area contributed by atoms with Crippen molar-refractivity contribution in [1.29, 1.82) is 0 Å². The zero-order chi connectivity index (χ0) is 17.7.